The number of hydrogen-bond donors (Lipinski definition) is 0. The molecule has 3 atom stereocenters. The van der Waals surface area contributed by atoms with Crippen LogP contribution in [0.25, 0.3) is 0 Å². The number of nitrogens with zero attached hydrogens (tertiary/aromatic N) is 2. The lowest BCUT2D eigenvalue weighted by Crippen LogP contribution is -2.37. The van der Waals surface area contributed by atoms with Crippen LogP contribution in [0.2, 0.25) is 5.02 Å². The molecule has 0 aromatic heterocycles. The summed E-state index contributed by atoms with van der Waals surface area (Å²) in [6.07, 6.45) is -0.888. The third-order valence-corrected chi connectivity index (χ3v) is 6.16. The van der Waals surface area contributed by atoms with E-state index in [2.05, 4.69) is 0 Å². The number of rotatable bonds is 3. The van der Waals surface area contributed by atoms with Gasteiger partial charge in [-0.3, -0.25) is 14.4 Å². The minimum absolute atomic E-state index is 0.275. The number of amides is 2. The van der Waals surface area contributed by atoms with E-state index in [-0.39, 0.29) is 11.8 Å². The van der Waals surface area contributed by atoms with E-state index >= 15 is 0 Å². The molecule has 2 aliphatic heterocycles. The maximum atomic E-state index is 13.6. The molecular weight excluding hydrogens is 400 g/mol. The Balaban J connectivity index is 1.60. The van der Waals surface area contributed by atoms with Gasteiger partial charge in [0.2, 0.25) is 5.91 Å². The Morgan fingerprint density at radius 2 is 1.50 bits per heavy atom. The van der Waals surface area contributed by atoms with Crippen LogP contribution in [0.15, 0.2) is 78.9 Å². The first-order valence-electron chi connectivity index (χ1n) is 9.77. The zero-order valence-electron chi connectivity index (χ0n) is 16.2. The summed E-state index contributed by atoms with van der Waals surface area (Å²) in [5.41, 5.74) is 2.91. The average Bonchev–Trinajstić information content (AvgIpc) is 3.28. The fraction of sp³-hybridized carbons (Fsp3) is 0.167. The first kappa shape index (κ1) is 18.9. The third kappa shape index (κ3) is 2.82. The topological polar surface area (TPSA) is 49.9 Å². The zero-order valence-corrected chi connectivity index (χ0v) is 17.0. The van der Waals surface area contributed by atoms with Crippen molar-refractivity contribution < 1.29 is 14.4 Å². The number of benzene rings is 3. The highest BCUT2D eigenvalue weighted by molar-refractivity contribution is 6.32. The maximum Gasteiger partial charge on any atom is 0.266 e. The van der Waals surface area contributed by atoms with Gasteiger partial charge in [0.1, 0.15) is 5.92 Å². The Kier molecular flexibility index (Phi) is 4.57. The summed E-state index contributed by atoms with van der Waals surface area (Å²) in [5, 5.41) is 2.21. The molecule has 5 nitrogen and oxygen atoms in total. The average molecular weight is 419 g/mol. The molecule has 0 spiro atoms. The fourth-order valence-corrected chi connectivity index (χ4v) is 4.45. The molecule has 0 radical (unpaired) electrons. The molecule has 2 saturated heterocycles. The van der Waals surface area contributed by atoms with Gasteiger partial charge in [-0.15, -0.1) is 0 Å². The van der Waals surface area contributed by atoms with Gasteiger partial charge >= 0.3 is 0 Å². The van der Waals surface area contributed by atoms with Crippen molar-refractivity contribution in [2.45, 2.75) is 19.1 Å². The quantitative estimate of drug-likeness (QED) is 0.578. The Morgan fingerprint density at radius 1 is 0.833 bits per heavy atom. The fourth-order valence-electron chi connectivity index (χ4n) is 4.28. The van der Waals surface area contributed by atoms with E-state index in [0.29, 0.717) is 16.3 Å². The number of halogens is 1. The number of hydroxylamine groups is 1. The van der Waals surface area contributed by atoms with Crippen LogP contribution in [0, 0.1) is 12.8 Å². The minimum atomic E-state index is -0.888. The highest BCUT2D eigenvalue weighted by atomic mass is 35.5. The van der Waals surface area contributed by atoms with Crippen molar-refractivity contribution in [3.8, 4) is 0 Å². The summed E-state index contributed by atoms with van der Waals surface area (Å²) >= 11 is 6.25. The zero-order chi connectivity index (χ0) is 20.8. The molecule has 3 aromatic rings. The summed E-state index contributed by atoms with van der Waals surface area (Å²) in [5.74, 6) is -1.30. The standard InChI is InChI=1S/C24H19ClN2O3/c1-15-18(25)13-8-14-19(15)26-23(28)20-21(16-9-4-2-5-10-16)27(30-22(20)24(26)29)17-11-6-3-7-12-17/h2-14,20-22H,1H3. The molecule has 2 amide bonds. The Bertz CT molecular complexity index is 1120. The highest BCUT2D eigenvalue weighted by Crippen LogP contribution is 2.48. The van der Waals surface area contributed by atoms with E-state index in [1.54, 1.807) is 30.2 Å². The van der Waals surface area contributed by atoms with Crippen LogP contribution >= 0.6 is 11.6 Å². The molecule has 3 aromatic carbocycles. The van der Waals surface area contributed by atoms with Crippen LogP contribution in [0.1, 0.15) is 17.2 Å². The van der Waals surface area contributed by atoms with Crippen molar-refractivity contribution in [2.75, 3.05) is 9.96 Å². The largest absolute Gasteiger partial charge is 0.273 e. The lowest BCUT2D eigenvalue weighted by molar-refractivity contribution is -0.126. The van der Waals surface area contributed by atoms with E-state index in [4.69, 9.17) is 16.4 Å². The van der Waals surface area contributed by atoms with Crippen LogP contribution in [0.3, 0.4) is 0 Å². The number of carbonyl (C=O) groups excluding carboxylic acids is 2. The van der Waals surface area contributed by atoms with Gasteiger partial charge in [0.25, 0.3) is 5.91 Å². The molecule has 3 unspecified atom stereocenters. The molecule has 2 aliphatic rings. The molecule has 0 N–H and O–H groups in total. The van der Waals surface area contributed by atoms with Gasteiger partial charge in [0.05, 0.1) is 17.4 Å². The highest BCUT2D eigenvalue weighted by Gasteiger charge is 2.60. The summed E-state index contributed by atoms with van der Waals surface area (Å²) in [4.78, 5) is 34.3. The van der Waals surface area contributed by atoms with Crippen molar-refractivity contribution >= 4 is 34.8 Å². The van der Waals surface area contributed by atoms with Crippen LogP contribution < -0.4 is 9.96 Å². The maximum absolute atomic E-state index is 13.6. The molecule has 0 saturated carbocycles. The van der Waals surface area contributed by atoms with E-state index < -0.39 is 18.1 Å². The van der Waals surface area contributed by atoms with Crippen molar-refractivity contribution in [1.29, 1.82) is 0 Å². The Hall–Kier alpha value is -3.15. The van der Waals surface area contributed by atoms with Gasteiger partial charge in [-0.25, -0.2) is 9.96 Å². The van der Waals surface area contributed by atoms with Gasteiger partial charge < -0.3 is 0 Å². The lowest BCUT2D eigenvalue weighted by Gasteiger charge is -2.29. The first-order chi connectivity index (χ1) is 14.6. The molecule has 150 valence electrons. The third-order valence-electron chi connectivity index (χ3n) is 5.75. The molecule has 2 heterocycles. The second-order valence-corrected chi connectivity index (χ2v) is 7.87. The van der Waals surface area contributed by atoms with Gasteiger partial charge in [0.15, 0.2) is 6.10 Å². The first-order valence-corrected chi connectivity index (χ1v) is 10.1. The van der Waals surface area contributed by atoms with Crippen molar-refractivity contribution in [3.05, 3.63) is 95.0 Å². The van der Waals surface area contributed by atoms with Gasteiger partial charge in [-0.1, -0.05) is 66.2 Å². The van der Waals surface area contributed by atoms with Crippen molar-refractivity contribution in [3.63, 3.8) is 0 Å². The summed E-state index contributed by atoms with van der Waals surface area (Å²) in [6, 6.07) is 24.0. The molecule has 0 aliphatic carbocycles. The smallest absolute Gasteiger partial charge is 0.266 e. The van der Waals surface area contributed by atoms with Crippen LogP contribution in [-0.4, -0.2) is 17.9 Å². The predicted octanol–water partition coefficient (Wildman–Crippen LogP) is 4.70. The molecule has 30 heavy (non-hydrogen) atoms. The van der Waals surface area contributed by atoms with Gasteiger partial charge in [-0.2, -0.15) is 0 Å². The van der Waals surface area contributed by atoms with Gasteiger partial charge in [-0.05, 0) is 42.3 Å². The van der Waals surface area contributed by atoms with E-state index in [9.17, 15) is 9.59 Å². The van der Waals surface area contributed by atoms with Gasteiger partial charge in [0, 0.05) is 5.02 Å². The molecule has 6 heteroatoms. The van der Waals surface area contributed by atoms with Crippen LogP contribution in [0.4, 0.5) is 11.4 Å². The number of para-hydroxylation sites is 1. The molecule has 5 rings (SSSR count). The van der Waals surface area contributed by atoms with Crippen LogP contribution in [0.5, 0.6) is 0 Å². The number of anilines is 2. The Morgan fingerprint density at radius 3 is 2.20 bits per heavy atom. The SMILES string of the molecule is Cc1c(Cl)cccc1N1C(=O)C2ON(c3ccccc3)C(c3ccccc3)C2C1=O. The summed E-state index contributed by atoms with van der Waals surface area (Å²) < 4.78 is 0. The molecule has 0 bridgehead atoms. The van der Waals surface area contributed by atoms with Crippen molar-refractivity contribution in [1.82, 2.24) is 0 Å². The van der Waals surface area contributed by atoms with E-state index in [1.165, 1.54) is 4.90 Å². The lowest BCUT2D eigenvalue weighted by atomic mass is 9.90. The monoisotopic (exact) mass is 418 g/mol. The number of hydrogen-bond acceptors (Lipinski definition) is 4. The van der Waals surface area contributed by atoms with Crippen LogP contribution in [-0.2, 0) is 14.4 Å². The second kappa shape index (κ2) is 7.27. The minimum Gasteiger partial charge on any atom is -0.273 e. The Labute approximate surface area is 179 Å². The number of carbonyl (C=O) groups is 2. The second-order valence-electron chi connectivity index (χ2n) is 7.46. The summed E-state index contributed by atoms with van der Waals surface area (Å²) in [7, 11) is 0. The van der Waals surface area contributed by atoms with Crippen molar-refractivity contribution in [2.24, 2.45) is 5.92 Å². The summed E-state index contributed by atoms with van der Waals surface area (Å²) in [6.45, 7) is 1.80. The number of fused-ring (bicyclic) bond motifs is 1. The predicted molar refractivity (Wildman–Crippen MR) is 115 cm³/mol. The normalized spacial score (nSPS) is 23.2. The van der Waals surface area contributed by atoms with E-state index in [1.807, 2.05) is 60.7 Å². The molecule has 2 fully saturated rings. The molecular formula is C24H19ClN2O3. The van der Waals surface area contributed by atoms with E-state index in [0.717, 1.165) is 11.3 Å². The number of imide groups is 1.